The molecule has 0 atom stereocenters. The topological polar surface area (TPSA) is 88.1 Å². The Hall–Kier alpha value is -2.95. The first-order chi connectivity index (χ1) is 16.5. The van der Waals surface area contributed by atoms with Gasteiger partial charge in [-0.05, 0) is 35.9 Å². The second kappa shape index (κ2) is 9.36. The minimum absolute atomic E-state index is 0.253. The Bertz CT molecular complexity index is 1290. The SMILES string of the molecule is CCN(CC)S(=O)(=O)c1ccc2nc(N3CCN(Cc4ccc5c(c4)OCO5)CC3)cnc2c1. The Kier molecular flexibility index (Phi) is 6.28. The van der Waals surface area contributed by atoms with Crippen molar-refractivity contribution in [3.63, 3.8) is 0 Å². The van der Waals surface area contributed by atoms with E-state index in [0.29, 0.717) is 24.1 Å². The molecule has 180 valence electrons. The number of ether oxygens (including phenoxy) is 2. The molecule has 0 spiro atoms. The number of sulfonamides is 1. The monoisotopic (exact) mass is 483 g/mol. The Labute approximate surface area is 200 Å². The van der Waals surface area contributed by atoms with Crippen LogP contribution in [0.5, 0.6) is 11.5 Å². The lowest BCUT2D eigenvalue weighted by Gasteiger charge is -2.35. The van der Waals surface area contributed by atoms with Gasteiger partial charge >= 0.3 is 0 Å². The van der Waals surface area contributed by atoms with E-state index in [4.69, 9.17) is 14.5 Å². The van der Waals surface area contributed by atoms with Gasteiger partial charge in [0.15, 0.2) is 11.5 Å². The lowest BCUT2D eigenvalue weighted by atomic mass is 10.1. The minimum atomic E-state index is -3.52. The van der Waals surface area contributed by atoms with E-state index in [-0.39, 0.29) is 11.7 Å². The van der Waals surface area contributed by atoms with E-state index < -0.39 is 10.0 Å². The van der Waals surface area contributed by atoms with Crippen LogP contribution >= 0.6 is 0 Å². The van der Waals surface area contributed by atoms with Crippen molar-refractivity contribution in [1.82, 2.24) is 19.2 Å². The maximum Gasteiger partial charge on any atom is 0.243 e. The highest BCUT2D eigenvalue weighted by molar-refractivity contribution is 7.89. The quantitative estimate of drug-likeness (QED) is 0.507. The molecule has 2 aliphatic rings. The Morgan fingerprint density at radius 3 is 2.47 bits per heavy atom. The van der Waals surface area contributed by atoms with Crippen LogP contribution in [-0.4, -0.2) is 73.7 Å². The van der Waals surface area contributed by atoms with Gasteiger partial charge in [-0.25, -0.2) is 13.4 Å². The molecule has 1 saturated heterocycles. The maximum absolute atomic E-state index is 12.8. The Balaban J connectivity index is 1.25. The van der Waals surface area contributed by atoms with Crippen molar-refractivity contribution >= 4 is 26.9 Å². The molecule has 34 heavy (non-hydrogen) atoms. The van der Waals surface area contributed by atoms with Gasteiger partial charge in [-0.1, -0.05) is 19.9 Å². The molecule has 0 N–H and O–H groups in total. The number of nitrogens with zero attached hydrogens (tertiary/aromatic N) is 5. The minimum Gasteiger partial charge on any atom is -0.454 e. The number of piperazine rings is 1. The highest BCUT2D eigenvalue weighted by Crippen LogP contribution is 2.33. The molecular formula is C24H29N5O4S. The van der Waals surface area contributed by atoms with E-state index in [1.54, 1.807) is 24.4 Å². The molecule has 0 saturated carbocycles. The third-order valence-corrected chi connectivity index (χ3v) is 8.43. The van der Waals surface area contributed by atoms with Gasteiger partial charge in [0.25, 0.3) is 0 Å². The summed E-state index contributed by atoms with van der Waals surface area (Å²) in [7, 11) is -3.52. The molecule has 1 aromatic heterocycles. The van der Waals surface area contributed by atoms with Crippen LogP contribution in [0, 0.1) is 0 Å². The van der Waals surface area contributed by atoms with E-state index in [1.807, 2.05) is 19.9 Å². The largest absolute Gasteiger partial charge is 0.454 e. The van der Waals surface area contributed by atoms with Gasteiger partial charge in [0.1, 0.15) is 5.82 Å². The molecule has 0 radical (unpaired) electrons. The summed E-state index contributed by atoms with van der Waals surface area (Å²) >= 11 is 0. The summed E-state index contributed by atoms with van der Waals surface area (Å²) < 4.78 is 38.0. The fraction of sp³-hybridized carbons (Fsp3) is 0.417. The van der Waals surface area contributed by atoms with E-state index in [2.05, 4.69) is 26.9 Å². The van der Waals surface area contributed by atoms with Crippen molar-refractivity contribution < 1.29 is 17.9 Å². The lowest BCUT2D eigenvalue weighted by Crippen LogP contribution is -2.46. The number of fused-ring (bicyclic) bond motifs is 2. The van der Waals surface area contributed by atoms with Gasteiger partial charge in [0.05, 0.1) is 22.1 Å². The van der Waals surface area contributed by atoms with E-state index in [1.165, 1.54) is 9.87 Å². The van der Waals surface area contributed by atoms with Crippen molar-refractivity contribution in [2.45, 2.75) is 25.3 Å². The number of rotatable bonds is 7. The zero-order valence-corrected chi connectivity index (χ0v) is 20.3. The average molecular weight is 484 g/mol. The van der Waals surface area contributed by atoms with Crippen molar-refractivity contribution in [3.8, 4) is 11.5 Å². The first-order valence-corrected chi connectivity index (χ1v) is 13.0. The van der Waals surface area contributed by atoms with E-state index in [0.717, 1.165) is 50.0 Å². The van der Waals surface area contributed by atoms with E-state index in [9.17, 15) is 8.42 Å². The fourth-order valence-corrected chi connectivity index (χ4v) is 5.92. The van der Waals surface area contributed by atoms with Gasteiger partial charge in [-0.2, -0.15) is 4.31 Å². The molecule has 10 heteroatoms. The van der Waals surface area contributed by atoms with Crippen molar-refractivity contribution in [2.24, 2.45) is 0 Å². The summed E-state index contributed by atoms with van der Waals surface area (Å²) in [6, 6.07) is 11.1. The molecule has 0 bridgehead atoms. The van der Waals surface area contributed by atoms with Crippen molar-refractivity contribution in [3.05, 3.63) is 48.2 Å². The second-order valence-electron chi connectivity index (χ2n) is 8.42. The number of hydrogen-bond donors (Lipinski definition) is 0. The van der Waals surface area contributed by atoms with Crippen LogP contribution in [0.4, 0.5) is 5.82 Å². The molecular weight excluding hydrogens is 454 g/mol. The molecule has 1 fully saturated rings. The van der Waals surface area contributed by atoms with Crippen LogP contribution in [0.3, 0.4) is 0 Å². The predicted octanol–water partition coefficient (Wildman–Crippen LogP) is 2.71. The van der Waals surface area contributed by atoms with Crippen LogP contribution in [-0.2, 0) is 16.6 Å². The van der Waals surface area contributed by atoms with Gasteiger partial charge < -0.3 is 14.4 Å². The summed E-state index contributed by atoms with van der Waals surface area (Å²) in [5, 5.41) is 0. The molecule has 2 aromatic carbocycles. The molecule has 5 rings (SSSR count). The average Bonchev–Trinajstić information content (AvgIpc) is 3.32. The van der Waals surface area contributed by atoms with Crippen LogP contribution < -0.4 is 14.4 Å². The van der Waals surface area contributed by atoms with Crippen LogP contribution in [0.2, 0.25) is 0 Å². The summed E-state index contributed by atoms with van der Waals surface area (Å²) in [5.41, 5.74) is 2.48. The van der Waals surface area contributed by atoms with Gasteiger partial charge in [0.2, 0.25) is 16.8 Å². The Morgan fingerprint density at radius 2 is 1.71 bits per heavy atom. The first-order valence-electron chi connectivity index (χ1n) is 11.6. The smallest absolute Gasteiger partial charge is 0.243 e. The van der Waals surface area contributed by atoms with Crippen molar-refractivity contribution in [2.75, 3.05) is 51.0 Å². The van der Waals surface area contributed by atoms with Crippen LogP contribution in [0.1, 0.15) is 19.4 Å². The van der Waals surface area contributed by atoms with Gasteiger partial charge in [-0.3, -0.25) is 9.88 Å². The third-order valence-electron chi connectivity index (χ3n) is 6.38. The highest BCUT2D eigenvalue weighted by atomic mass is 32.2. The lowest BCUT2D eigenvalue weighted by molar-refractivity contribution is 0.174. The Morgan fingerprint density at radius 1 is 0.941 bits per heavy atom. The molecule has 9 nitrogen and oxygen atoms in total. The third kappa shape index (κ3) is 4.40. The summed E-state index contributed by atoms with van der Waals surface area (Å²) in [6.07, 6.45) is 1.74. The highest BCUT2D eigenvalue weighted by Gasteiger charge is 2.23. The zero-order valence-electron chi connectivity index (χ0n) is 19.5. The fourth-order valence-electron chi connectivity index (χ4n) is 4.44. The zero-order chi connectivity index (χ0) is 23.7. The summed E-state index contributed by atoms with van der Waals surface area (Å²) in [5.74, 6) is 2.44. The summed E-state index contributed by atoms with van der Waals surface area (Å²) in [4.78, 5) is 14.2. The van der Waals surface area contributed by atoms with Crippen LogP contribution in [0.15, 0.2) is 47.5 Å². The van der Waals surface area contributed by atoms with Crippen LogP contribution in [0.25, 0.3) is 11.0 Å². The molecule has 0 amide bonds. The number of aromatic nitrogens is 2. The van der Waals surface area contributed by atoms with Gasteiger partial charge in [0, 0.05) is 45.8 Å². The number of hydrogen-bond acceptors (Lipinski definition) is 8. The van der Waals surface area contributed by atoms with Gasteiger partial charge in [-0.15, -0.1) is 0 Å². The maximum atomic E-state index is 12.8. The van der Waals surface area contributed by atoms with E-state index >= 15 is 0 Å². The first kappa shape index (κ1) is 22.8. The molecule has 3 heterocycles. The second-order valence-corrected chi connectivity index (χ2v) is 10.4. The number of anilines is 1. The summed E-state index contributed by atoms with van der Waals surface area (Å²) in [6.45, 7) is 9.20. The predicted molar refractivity (Wildman–Crippen MR) is 130 cm³/mol. The van der Waals surface area contributed by atoms with Crippen molar-refractivity contribution in [1.29, 1.82) is 0 Å². The molecule has 0 unspecified atom stereocenters. The molecule has 3 aromatic rings. The molecule has 0 aliphatic carbocycles. The standard InChI is InChI=1S/C24H29N5O4S/c1-3-29(4-2)34(30,31)19-6-7-20-21(14-19)25-15-24(26-20)28-11-9-27(10-12-28)16-18-5-8-22-23(13-18)33-17-32-22/h5-8,13-15H,3-4,9-12,16-17H2,1-2H3. The number of benzene rings is 2. The molecule has 2 aliphatic heterocycles. The normalized spacial score (nSPS) is 16.5.